The van der Waals surface area contributed by atoms with Crippen LogP contribution in [0.25, 0.3) is 31.7 Å². The number of hydrogen-bond donors (Lipinski definition) is 0. The van der Waals surface area contributed by atoms with Crippen molar-refractivity contribution in [1.29, 1.82) is 0 Å². The molecule has 156 valence electrons. The molecule has 0 fully saturated rings. The van der Waals surface area contributed by atoms with Crippen LogP contribution in [0.3, 0.4) is 0 Å². The summed E-state index contributed by atoms with van der Waals surface area (Å²) in [7, 11) is 1.61. The van der Waals surface area contributed by atoms with Crippen molar-refractivity contribution in [2.24, 2.45) is 4.99 Å². The number of rotatable bonds is 4. The molecule has 0 N–H and O–H groups in total. The molecule has 5 rings (SSSR count). The molecule has 3 heterocycles. The molecule has 3 aromatic heterocycles. The second kappa shape index (κ2) is 8.42. The first-order valence-electron chi connectivity index (χ1n) is 9.82. The molecule has 0 unspecified atom stereocenters. The van der Waals surface area contributed by atoms with Crippen LogP contribution in [0.4, 0.5) is 0 Å². The third-order valence-corrected chi connectivity index (χ3v) is 6.99. The Morgan fingerprint density at radius 1 is 1.19 bits per heavy atom. The van der Waals surface area contributed by atoms with Crippen molar-refractivity contribution in [3.05, 3.63) is 76.4 Å². The fourth-order valence-corrected chi connectivity index (χ4v) is 5.37. The number of benzene rings is 2. The normalized spacial score (nSPS) is 11.7. The lowest BCUT2D eigenvalue weighted by molar-refractivity contribution is 0.0999. The van der Waals surface area contributed by atoms with Crippen LogP contribution in [0.15, 0.2) is 71.0 Å². The quantitative estimate of drug-likeness (QED) is 0.343. The Morgan fingerprint density at radius 3 is 2.84 bits per heavy atom. The Labute approximate surface area is 192 Å². The summed E-state index contributed by atoms with van der Waals surface area (Å²) in [6.07, 6.45) is 5.62. The first-order chi connectivity index (χ1) is 15.7. The number of carbonyl (C=O) groups is 1. The van der Waals surface area contributed by atoms with E-state index in [0.717, 1.165) is 31.7 Å². The number of ether oxygens (including phenoxy) is 1. The van der Waals surface area contributed by atoms with Gasteiger partial charge in [0.2, 0.25) is 0 Å². The predicted octanol–water partition coefficient (Wildman–Crippen LogP) is 5.36. The highest BCUT2D eigenvalue weighted by molar-refractivity contribution is 7.16. The minimum atomic E-state index is -0.335. The molecule has 5 aromatic rings. The molecule has 0 bridgehead atoms. The van der Waals surface area contributed by atoms with Gasteiger partial charge in [0.05, 0.1) is 40.0 Å². The van der Waals surface area contributed by atoms with Gasteiger partial charge in [0.1, 0.15) is 11.3 Å². The van der Waals surface area contributed by atoms with Gasteiger partial charge in [-0.05, 0) is 35.7 Å². The fraction of sp³-hybridized carbons (Fsp3) is 0.0800. The highest BCUT2D eigenvalue weighted by Gasteiger charge is 2.16. The lowest BCUT2D eigenvalue weighted by Gasteiger charge is -2.07. The van der Waals surface area contributed by atoms with E-state index in [4.69, 9.17) is 16.1 Å². The second-order valence-electron chi connectivity index (χ2n) is 6.95. The van der Waals surface area contributed by atoms with E-state index in [0.29, 0.717) is 16.1 Å². The summed E-state index contributed by atoms with van der Waals surface area (Å²) in [5.41, 5.74) is 2.86. The molecule has 0 atom stereocenters. The highest BCUT2D eigenvalue weighted by atomic mass is 32.1. The first-order valence-corrected chi connectivity index (χ1v) is 11.5. The maximum Gasteiger partial charge on any atom is 0.280 e. The third kappa shape index (κ3) is 3.50. The monoisotopic (exact) mass is 455 g/mol. The number of hydrogen-bond acceptors (Lipinski definition) is 5. The first kappa shape index (κ1) is 20.2. The van der Waals surface area contributed by atoms with Crippen LogP contribution in [-0.4, -0.2) is 22.6 Å². The fourth-order valence-electron chi connectivity index (χ4n) is 3.64. The van der Waals surface area contributed by atoms with Crippen LogP contribution in [0, 0.1) is 12.3 Å². The smallest absolute Gasteiger partial charge is 0.280 e. The Morgan fingerprint density at radius 2 is 2.06 bits per heavy atom. The molecular weight excluding hydrogens is 438 g/mol. The molecule has 0 aliphatic heterocycles. The summed E-state index contributed by atoms with van der Waals surface area (Å²) in [4.78, 5) is 24.2. The zero-order chi connectivity index (χ0) is 22.1. The average Bonchev–Trinajstić information content (AvgIpc) is 3.47. The van der Waals surface area contributed by atoms with E-state index in [1.165, 1.54) is 11.3 Å². The Bertz CT molecular complexity index is 1570. The lowest BCUT2D eigenvalue weighted by atomic mass is 10.1. The predicted molar refractivity (Wildman–Crippen MR) is 130 cm³/mol. The summed E-state index contributed by atoms with van der Waals surface area (Å²) in [6.45, 7) is 0.282. The van der Waals surface area contributed by atoms with Crippen molar-refractivity contribution < 1.29 is 9.53 Å². The van der Waals surface area contributed by atoms with E-state index in [2.05, 4.69) is 10.9 Å². The van der Waals surface area contributed by atoms with Crippen molar-refractivity contribution >= 4 is 49.7 Å². The van der Waals surface area contributed by atoms with Crippen LogP contribution in [0.5, 0.6) is 5.75 Å². The van der Waals surface area contributed by atoms with Crippen LogP contribution >= 0.6 is 22.7 Å². The van der Waals surface area contributed by atoms with Crippen molar-refractivity contribution in [1.82, 2.24) is 9.55 Å². The van der Waals surface area contributed by atoms with E-state index in [1.54, 1.807) is 18.4 Å². The van der Waals surface area contributed by atoms with E-state index < -0.39 is 0 Å². The molecule has 0 aliphatic rings. The van der Waals surface area contributed by atoms with Gasteiger partial charge in [-0.1, -0.05) is 47.6 Å². The van der Waals surface area contributed by atoms with Gasteiger partial charge < -0.3 is 9.30 Å². The van der Waals surface area contributed by atoms with Gasteiger partial charge in [0, 0.05) is 5.39 Å². The van der Waals surface area contributed by atoms with E-state index >= 15 is 0 Å². The molecule has 0 aliphatic carbocycles. The molecule has 5 nitrogen and oxygen atoms in total. The molecule has 7 heteroatoms. The zero-order valence-corrected chi connectivity index (χ0v) is 18.7. The zero-order valence-electron chi connectivity index (χ0n) is 17.1. The molecule has 0 radical (unpaired) electrons. The van der Waals surface area contributed by atoms with Gasteiger partial charge in [-0.15, -0.1) is 17.8 Å². The maximum absolute atomic E-state index is 13.5. The van der Waals surface area contributed by atoms with Gasteiger partial charge in [-0.3, -0.25) is 4.79 Å². The summed E-state index contributed by atoms with van der Waals surface area (Å²) in [5, 5.41) is 2.76. The standard InChI is InChI=1S/C25H17N3O2S2/c1-3-13-28-23-20(30-2)10-6-11-22(23)32-25(28)27-24(29)17-15-19(21-12-7-14-31-21)26-18-9-5-4-8-16(17)18/h1,4-12,14-15H,13H2,2H3. The SMILES string of the molecule is C#CCn1c(=NC(=O)c2cc(-c3cccs3)nc3ccccc23)sc2cccc(OC)c21. The number of thiazole rings is 1. The van der Waals surface area contributed by atoms with Gasteiger partial charge in [0.15, 0.2) is 4.80 Å². The number of aromatic nitrogens is 2. The van der Waals surface area contributed by atoms with E-state index in [9.17, 15) is 4.79 Å². The number of pyridine rings is 1. The van der Waals surface area contributed by atoms with E-state index in [1.807, 2.05) is 70.6 Å². The van der Waals surface area contributed by atoms with Crippen molar-refractivity contribution in [2.45, 2.75) is 6.54 Å². The summed E-state index contributed by atoms with van der Waals surface area (Å²) >= 11 is 2.99. The number of terminal acetylenes is 1. The van der Waals surface area contributed by atoms with Gasteiger partial charge in [-0.2, -0.15) is 4.99 Å². The number of carbonyl (C=O) groups excluding carboxylic acids is 1. The number of para-hydroxylation sites is 2. The largest absolute Gasteiger partial charge is 0.495 e. The van der Waals surface area contributed by atoms with Gasteiger partial charge in [-0.25, -0.2) is 4.98 Å². The molecular formula is C25H17N3O2S2. The van der Waals surface area contributed by atoms with Gasteiger partial charge >= 0.3 is 0 Å². The molecule has 32 heavy (non-hydrogen) atoms. The van der Waals surface area contributed by atoms with Crippen LogP contribution in [0.2, 0.25) is 0 Å². The van der Waals surface area contributed by atoms with Crippen LogP contribution in [-0.2, 0) is 6.54 Å². The molecule has 0 spiro atoms. The molecule has 0 saturated heterocycles. The number of nitrogens with zero attached hydrogens (tertiary/aromatic N) is 3. The minimum Gasteiger partial charge on any atom is -0.495 e. The van der Waals surface area contributed by atoms with Crippen molar-refractivity contribution in [3.8, 4) is 28.7 Å². The highest BCUT2D eigenvalue weighted by Crippen LogP contribution is 2.29. The van der Waals surface area contributed by atoms with Gasteiger partial charge in [0.25, 0.3) is 5.91 Å². The Balaban J connectivity index is 1.73. The lowest BCUT2D eigenvalue weighted by Crippen LogP contribution is -2.17. The Hall–Kier alpha value is -3.73. The van der Waals surface area contributed by atoms with Crippen molar-refractivity contribution in [3.63, 3.8) is 0 Å². The summed E-state index contributed by atoms with van der Waals surface area (Å²) in [5.74, 6) is 3.01. The summed E-state index contributed by atoms with van der Waals surface area (Å²) < 4.78 is 8.31. The third-order valence-electron chi connectivity index (χ3n) is 5.05. The average molecular weight is 456 g/mol. The number of amides is 1. The van der Waals surface area contributed by atoms with Crippen molar-refractivity contribution in [2.75, 3.05) is 7.11 Å². The minimum absolute atomic E-state index is 0.282. The second-order valence-corrected chi connectivity index (χ2v) is 8.91. The van der Waals surface area contributed by atoms with E-state index in [-0.39, 0.29) is 12.5 Å². The number of methoxy groups -OCH3 is 1. The van der Waals surface area contributed by atoms with Crippen LogP contribution in [0.1, 0.15) is 10.4 Å². The summed E-state index contributed by atoms with van der Waals surface area (Å²) in [6, 6.07) is 19.1. The molecule has 0 saturated carbocycles. The van der Waals surface area contributed by atoms with Crippen LogP contribution < -0.4 is 9.54 Å². The topological polar surface area (TPSA) is 56.5 Å². The number of fused-ring (bicyclic) bond motifs is 2. The molecule has 1 amide bonds. The Kier molecular flexibility index (Phi) is 5.31. The maximum atomic E-state index is 13.5. The molecule has 2 aromatic carbocycles. The number of thiophene rings is 1.